The summed E-state index contributed by atoms with van der Waals surface area (Å²) in [5, 5.41) is 0. The summed E-state index contributed by atoms with van der Waals surface area (Å²) in [5.41, 5.74) is 1.20. The largest absolute Gasteiger partial charge is 0.494 e. The van der Waals surface area contributed by atoms with Crippen LogP contribution in [0.25, 0.3) is 0 Å². The van der Waals surface area contributed by atoms with Crippen molar-refractivity contribution in [2.75, 3.05) is 26.9 Å². The molecule has 0 unspecified atom stereocenters. The second kappa shape index (κ2) is 11.7. The van der Waals surface area contributed by atoms with Gasteiger partial charge in [0.15, 0.2) is 0 Å². The van der Waals surface area contributed by atoms with Crippen molar-refractivity contribution in [1.29, 1.82) is 0 Å². The van der Waals surface area contributed by atoms with Gasteiger partial charge < -0.3 is 14.2 Å². The molecule has 114 valence electrons. The zero-order chi connectivity index (χ0) is 14.5. The Morgan fingerprint density at radius 2 is 1.55 bits per heavy atom. The van der Waals surface area contributed by atoms with Crippen molar-refractivity contribution in [3.8, 4) is 5.75 Å². The zero-order valence-electron chi connectivity index (χ0n) is 12.9. The van der Waals surface area contributed by atoms with Crippen LogP contribution in [0, 0.1) is 0 Å². The van der Waals surface area contributed by atoms with Gasteiger partial charge in [-0.25, -0.2) is 0 Å². The monoisotopic (exact) mass is 280 g/mol. The molecule has 0 aromatic heterocycles. The Labute approximate surface area is 123 Å². The van der Waals surface area contributed by atoms with Gasteiger partial charge in [0.05, 0.1) is 13.2 Å². The number of hydrogen-bond acceptors (Lipinski definition) is 3. The molecule has 20 heavy (non-hydrogen) atoms. The molecule has 1 rings (SSSR count). The molecule has 0 spiro atoms. The van der Waals surface area contributed by atoms with Crippen molar-refractivity contribution in [2.45, 2.75) is 45.6 Å². The molecule has 0 N–H and O–H groups in total. The van der Waals surface area contributed by atoms with E-state index >= 15 is 0 Å². The van der Waals surface area contributed by atoms with Gasteiger partial charge in [-0.3, -0.25) is 0 Å². The van der Waals surface area contributed by atoms with E-state index in [1.54, 1.807) is 7.11 Å². The average molecular weight is 280 g/mol. The van der Waals surface area contributed by atoms with Crippen LogP contribution in [0.1, 0.15) is 44.6 Å². The Morgan fingerprint density at radius 1 is 0.850 bits per heavy atom. The number of ether oxygens (including phenoxy) is 3. The normalized spacial score (nSPS) is 10.7. The van der Waals surface area contributed by atoms with Gasteiger partial charge in [0.1, 0.15) is 5.75 Å². The lowest BCUT2D eigenvalue weighted by Gasteiger charge is -2.07. The predicted octanol–water partition coefficient (Wildman–Crippen LogP) is 4.20. The van der Waals surface area contributed by atoms with Crippen LogP contribution in [0.3, 0.4) is 0 Å². The maximum Gasteiger partial charge on any atom is 0.119 e. The van der Waals surface area contributed by atoms with Gasteiger partial charge in [-0.05, 0) is 37.0 Å². The molecule has 0 heterocycles. The summed E-state index contributed by atoms with van der Waals surface area (Å²) in [7, 11) is 1.75. The van der Waals surface area contributed by atoms with Crippen molar-refractivity contribution in [3.63, 3.8) is 0 Å². The van der Waals surface area contributed by atoms with E-state index in [4.69, 9.17) is 14.2 Å². The molecule has 1 aromatic carbocycles. The molecular weight excluding hydrogens is 252 g/mol. The summed E-state index contributed by atoms with van der Waals surface area (Å²) in [6, 6.07) is 8.17. The fourth-order valence-electron chi connectivity index (χ4n) is 1.90. The smallest absolute Gasteiger partial charge is 0.119 e. The third-order valence-electron chi connectivity index (χ3n) is 3.05. The fourth-order valence-corrected chi connectivity index (χ4v) is 1.90. The highest BCUT2D eigenvalue weighted by molar-refractivity contribution is 5.26. The second-order valence-electron chi connectivity index (χ2n) is 4.95. The molecule has 0 bridgehead atoms. The minimum atomic E-state index is 0.687. The minimum absolute atomic E-state index is 0.687. The third-order valence-corrected chi connectivity index (χ3v) is 3.05. The van der Waals surface area contributed by atoms with Gasteiger partial charge in [-0.15, -0.1) is 0 Å². The standard InChI is InChI=1S/C17H28O3/c1-3-12-20-17-10-8-16(9-11-17)15-19-14-7-5-4-6-13-18-2/h8-11H,3-7,12-15H2,1-2H3. The molecule has 0 radical (unpaired) electrons. The Bertz CT molecular complexity index is 322. The van der Waals surface area contributed by atoms with E-state index in [0.717, 1.165) is 44.8 Å². The molecule has 0 fully saturated rings. The molecule has 0 aliphatic rings. The average Bonchev–Trinajstić information content (AvgIpc) is 2.49. The van der Waals surface area contributed by atoms with Crippen LogP contribution in [0.2, 0.25) is 0 Å². The number of unbranched alkanes of at least 4 members (excludes halogenated alkanes) is 3. The Balaban J connectivity index is 2.04. The predicted molar refractivity (Wildman–Crippen MR) is 82.2 cm³/mol. The first-order chi connectivity index (χ1) is 9.86. The maximum absolute atomic E-state index is 5.68. The number of rotatable bonds is 12. The van der Waals surface area contributed by atoms with E-state index in [2.05, 4.69) is 19.1 Å². The molecule has 0 amide bonds. The summed E-state index contributed by atoms with van der Waals surface area (Å²) in [6.45, 7) is 5.27. The Kier molecular flexibility index (Phi) is 9.98. The second-order valence-corrected chi connectivity index (χ2v) is 4.95. The quantitative estimate of drug-likeness (QED) is 0.537. The van der Waals surface area contributed by atoms with E-state index in [1.165, 1.54) is 18.4 Å². The molecule has 3 heteroatoms. The van der Waals surface area contributed by atoms with Crippen LogP contribution < -0.4 is 4.74 Å². The van der Waals surface area contributed by atoms with Crippen molar-refractivity contribution >= 4 is 0 Å². The highest BCUT2D eigenvalue weighted by Gasteiger charge is 1.96. The summed E-state index contributed by atoms with van der Waals surface area (Å²) >= 11 is 0. The molecule has 0 saturated heterocycles. The maximum atomic E-state index is 5.68. The van der Waals surface area contributed by atoms with Crippen LogP contribution in [0.15, 0.2) is 24.3 Å². The lowest BCUT2D eigenvalue weighted by Crippen LogP contribution is -1.97. The lowest BCUT2D eigenvalue weighted by atomic mass is 10.2. The van der Waals surface area contributed by atoms with Gasteiger partial charge in [-0.1, -0.05) is 31.9 Å². The van der Waals surface area contributed by atoms with Crippen LogP contribution in [0.4, 0.5) is 0 Å². The van der Waals surface area contributed by atoms with E-state index < -0.39 is 0 Å². The van der Waals surface area contributed by atoms with E-state index in [1.807, 2.05) is 12.1 Å². The molecule has 0 saturated carbocycles. The highest BCUT2D eigenvalue weighted by Crippen LogP contribution is 2.13. The van der Waals surface area contributed by atoms with Crippen molar-refractivity contribution in [3.05, 3.63) is 29.8 Å². The molecule has 0 atom stereocenters. The molecule has 3 nitrogen and oxygen atoms in total. The summed E-state index contributed by atoms with van der Waals surface area (Å²) in [6.07, 6.45) is 5.75. The third kappa shape index (κ3) is 8.18. The number of benzene rings is 1. The van der Waals surface area contributed by atoms with Crippen molar-refractivity contribution in [1.82, 2.24) is 0 Å². The van der Waals surface area contributed by atoms with E-state index in [9.17, 15) is 0 Å². The van der Waals surface area contributed by atoms with Gasteiger partial charge in [0.2, 0.25) is 0 Å². The Morgan fingerprint density at radius 3 is 2.20 bits per heavy atom. The molecule has 1 aromatic rings. The number of methoxy groups -OCH3 is 1. The first-order valence-electron chi connectivity index (χ1n) is 7.65. The van der Waals surface area contributed by atoms with Crippen molar-refractivity contribution in [2.24, 2.45) is 0 Å². The Hall–Kier alpha value is -1.06. The molecule has 0 aliphatic heterocycles. The first-order valence-corrected chi connectivity index (χ1v) is 7.65. The summed E-state index contributed by atoms with van der Waals surface area (Å²) < 4.78 is 16.2. The van der Waals surface area contributed by atoms with Gasteiger partial charge in [-0.2, -0.15) is 0 Å². The van der Waals surface area contributed by atoms with Gasteiger partial charge in [0.25, 0.3) is 0 Å². The first kappa shape index (κ1) is 17.0. The van der Waals surface area contributed by atoms with E-state index in [0.29, 0.717) is 6.61 Å². The molecule has 0 aliphatic carbocycles. The van der Waals surface area contributed by atoms with Gasteiger partial charge >= 0.3 is 0 Å². The topological polar surface area (TPSA) is 27.7 Å². The lowest BCUT2D eigenvalue weighted by molar-refractivity contribution is 0.115. The summed E-state index contributed by atoms with van der Waals surface area (Å²) in [4.78, 5) is 0. The van der Waals surface area contributed by atoms with Gasteiger partial charge in [0, 0.05) is 20.3 Å². The minimum Gasteiger partial charge on any atom is -0.494 e. The van der Waals surface area contributed by atoms with E-state index in [-0.39, 0.29) is 0 Å². The van der Waals surface area contributed by atoms with Crippen LogP contribution >= 0.6 is 0 Å². The number of hydrogen-bond donors (Lipinski definition) is 0. The SMILES string of the molecule is CCCOc1ccc(COCCCCCCOC)cc1. The zero-order valence-corrected chi connectivity index (χ0v) is 12.9. The van der Waals surface area contributed by atoms with Crippen LogP contribution in [-0.4, -0.2) is 26.9 Å². The van der Waals surface area contributed by atoms with Crippen LogP contribution in [-0.2, 0) is 16.1 Å². The summed E-state index contributed by atoms with van der Waals surface area (Å²) in [5.74, 6) is 0.939. The molecular formula is C17H28O3. The highest BCUT2D eigenvalue weighted by atomic mass is 16.5. The van der Waals surface area contributed by atoms with Crippen molar-refractivity contribution < 1.29 is 14.2 Å². The fraction of sp³-hybridized carbons (Fsp3) is 0.647. The van der Waals surface area contributed by atoms with Crippen LogP contribution in [0.5, 0.6) is 5.75 Å².